The third-order valence-electron chi connectivity index (χ3n) is 6.65. The van der Waals surface area contributed by atoms with E-state index < -0.39 is 16.1 Å². The van der Waals surface area contributed by atoms with Gasteiger partial charge < -0.3 is 19.9 Å². The number of aromatic nitrogens is 3. The molecule has 1 aromatic carbocycles. The maximum atomic E-state index is 13.0. The molecular weight excluding hydrogens is 540 g/mol. The Bertz CT molecular complexity index is 1680. The lowest BCUT2D eigenvalue weighted by molar-refractivity contribution is -0.123. The van der Waals surface area contributed by atoms with E-state index in [-0.39, 0.29) is 17.4 Å². The molecule has 0 unspecified atom stereocenters. The molecule has 200 valence electrons. The van der Waals surface area contributed by atoms with Crippen molar-refractivity contribution in [1.82, 2.24) is 18.8 Å². The summed E-state index contributed by atoms with van der Waals surface area (Å²) >= 11 is 1.30. The van der Waals surface area contributed by atoms with Gasteiger partial charge in [-0.1, -0.05) is 12.1 Å². The number of thiazole rings is 1. The van der Waals surface area contributed by atoms with Crippen LogP contribution in [-0.4, -0.2) is 71.1 Å². The summed E-state index contributed by atoms with van der Waals surface area (Å²) in [4.78, 5) is 38.5. The molecule has 0 radical (unpaired) electrons. The van der Waals surface area contributed by atoms with Crippen LogP contribution in [0.5, 0.6) is 5.75 Å². The van der Waals surface area contributed by atoms with Crippen molar-refractivity contribution in [1.29, 1.82) is 0 Å². The molecule has 2 aliphatic rings. The summed E-state index contributed by atoms with van der Waals surface area (Å²) in [5.41, 5.74) is 2.79. The molecule has 2 amide bonds. The fourth-order valence-electron chi connectivity index (χ4n) is 4.57. The van der Waals surface area contributed by atoms with Gasteiger partial charge in [0, 0.05) is 41.8 Å². The highest BCUT2D eigenvalue weighted by Crippen LogP contribution is 2.36. The number of likely N-dealkylation sites (tertiary alicyclic amines) is 1. The predicted octanol–water partition coefficient (Wildman–Crippen LogP) is 3.20. The standard InChI is InChI=1S/C26H24N6O5S2/c1-39(35,36)30-10-7-18(15-30)25(34)32-11-8-21(32)24(33)29-26-28-20(16-38-26)17-4-2-5-19(14-17)31-12-13-37-22-6-3-9-27-23(22)31/h2-7,9-10,14-16,21H,8,11-13H2,1H3,(H,28,29,33)/t21-/m0/s1. The number of hydrogen-bond donors (Lipinski definition) is 1. The number of pyridine rings is 1. The highest BCUT2D eigenvalue weighted by atomic mass is 32.2. The molecule has 1 atom stereocenters. The number of carbonyl (C=O) groups excluding carboxylic acids is 2. The topological polar surface area (TPSA) is 127 Å². The Labute approximate surface area is 228 Å². The zero-order valence-electron chi connectivity index (χ0n) is 20.9. The van der Waals surface area contributed by atoms with Crippen LogP contribution >= 0.6 is 11.3 Å². The average molecular weight is 565 g/mol. The highest BCUT2D eigenvalue weighted by molar-refractivity contribution is 7.89. The van der Waals surface area contributed by atoms with Crippen molar-refractivity contribution in [3.8, 4) is 17.0 Å². The lowest BCUT2D eigenvalue weighted by Gasteiger charge is -2.39. The van der Waals surface area contributed by atoms with Crippen LogP contribution < -0.4 is 15.0 Å². The van der Waals surface area contributed by atoms with Crippen molar-refractivity contribution < 1.29 is 22.7 Å². The van der Waals surface area contributed by atoms with Gasteiger partial charge in [0.05, 0.1) is 24.1 Å². The van der Waals surface area contributed by atoms with Gasteiger partial charge in [-0.2, -0.15) is 0 Å². The zero-order chi connectivity index (χ0) is 27.1. The van der Waals surface area contributed by atoms with Crippen molar-refractivity contribution >= 4 is 49.8 Å². The second-order valence-electron chi connectivity index (χ2n) is 9.20. The molecular formula is C26H24N6O5S2. The second kappa shape index (κ2) is 9.82. The Morgan fingerprint density at radius 2 is 2.03 bits per heavy atom. The predicted molar refractivity (Wildman–Crippen MR) is 147 cm³/mol. The van der Waals surface area contributed by atoms with Gasteiger partial charge in [0.2, 0.25) is 15.9 Å². The lowest BCUT2D eigenvalue weighted by atomic mass is 10.0. The largest absolute Gasteiger partial charge is 0.488 e. The van der Waals surface area contributed by atoms with Gasteiger partial charge in [-0.15, -0.1) is 11.3 Å². The van der Waals surface area contributed by atoms with Crippen LogP contribution in [-0.2, 0) is 14.8 Å². The number of rotatable bonds is 6. The summed E-state index contributed by atoms with van der Waals surface area (Å²) in [6.45, 7) is 1.64. The number of anilines is 3. The van der Waals surface area contributed by atoms with Gasteiger partial charge >= 0.3 is 0 Å². The normalized spacial score (nSPS) is 16.7. The maximum absolute atomic E-state index is 13.0. The number of fused-ring (bicyclic) bond motifs is 1. The van der Waals surface area contributed by atoms with Crippen molar-refractivity contribution in [3.63, 3.8) is 0 Å². The first-order chi connectivity index (χ1) is 18.8. The van der Waals surface area contributed by atoms with E-state index in [1.165, 1.54) is 34.7 Å². The molecule has 39 heavy (non-hydrogen) atoms. The van der Waals surface area contributed by atoms with Crippen LogP contribution in [0.3, 0.4) is 0 Å². The lowest BCUT2D eigenvalue weighted by Crippen LogP contribution is -2.56. The summed E-state index contributed by atoms with van der Waals surface area (Å²) in [6, 6.07) is 12.5. The summed E-state index contributed by atoms with van der Waals surface area (Å²) in [6.07, 6.45) is 5.88. The first-order valence-corrected chi connectivity index (χ1v) is 14.9. The first-order valence-electron chi connectivity index (χ1n) is 12.2. The SMILES string of the molecule is CS(=O)(=O)n1ccc(C(=O)N2CC[C@H]2C(=O)Nc2nc(-c3cccc(N4CCOc5cccnc54)c3)cs2)c1. The molecule has 6 rings (SSSR count). The third kappa shape index (κ3) is 4.86. The van der Waals surface area contributed by atoms with E-state index in [2.05, 4.69) is 20.2 Å². The highest BCUT2D eigenvalue weighted by Gasteiger charge is 2.38. The second-order valence-corrected chi connectivity index (χ2v) is 11.9. The molecule has 2 aliphatic heterocycles. The molecule has 0 bridgehead atoms. The van der Waals surface area contributed by atoms with Crippen LogP contribution in [0.25, 0.3) is 11.3 Å². The summed E-state index contributed by atoms with van der Waals surface area (Å²) in [7, 11) is -3.50. The van der Waals surface area contributed by atoms with E-state index in [9.17, 15) is 18.0 Å². The summed E-state index contributed by atoms with van der Waals surface area (Å²) in [5.74, 6) is 0.784. The molecule has 1 fully saturated rings. The van der Waals surface area contributed by atoms with Crippen LogP contribution in [0.4, 0.5) is 16.6 Å². The number of nitrogens with zero attached hydrogens (tertiary/aromatic N) is 5. The maximum Gasteiger partial charge on any atom is 0.256 e. The molecule has 13 heteroatoms. The number of benzene rings is 1. The van der Waals surface area contributed by atoms with Crippen LogP contribution in [0.2, 0.25) is 0 Å². The molecule has 4 aromatic rings. The fraction of sp³-hybridized carbons (Fsp3) is 0.231. The van der Waals surface area contributed by atoms with Crippen LogP contribution in [0.15, 0.2) is 66.4 Å². The molecule has 5 heterocycles. The minimum atomic E-state index is -3.50. The summed E-state index contributed by atoms with van der Waals surface area (Å²) in [5, 5.41) is 5.13. The van der Waals surface area contributed by atoms with E-state index in [1.807, 2.05) is 41.8 Å². The van der Waals surface area contributed by atoms with Gasteiger partial charge in [-0.25, -0.2) is 18.4 Å². The van der Waals surface area contributed by atoms with Crippen molar-refractivity contribution in [3.05, 3.63) is 72.0 Å². The number of hydrogen-bond acceptors (Lipinski definition) is 9. The van der Waals surface area contributed by atoms with Crippen molar-refractivity contribution in [2.45, 2.75) is 12.5 Å². The van der Waals surface area contributed by atoms with Gasteiger partial charge in [0.1, 0.15) is 12.6 Å². The van der Waals surface area contributed by atoms with Crippen molar-refractivity contribution in [2.75, 3.05) is 36.2 Å². The Balaban J connectivity index is 1.14. The quantitative estimate of drug-likeness (QED) is 0.378. The molecule has 1 saturated heterocycles. The molecule has 11 nitrogen and oxygen atoms in total. The van der Waals surface area contributed by atoms with E-state index in [0.29, 0.717) is 31.2 Å². The molecule has 0 spiro atoms. The van der Waals surface area contributed by atoms with E-state index >= 15 is 0 Å². The van der Waals surface area contributed by atoms with Crippen molar-refractivity contribution in [2.24, 2.45) is 0 Å². The monoisotopic (exact) mass is 564 g/mol. The minimum absolute atomic E-state index is 0.215. The number of nitrogens with one attached hydrogen (secondary N) is 1. The number of ether oxygens (including phenoxy) is 1. The van der Waals surface area contributed by atoms with Crippen LogP contribution in [0.1, 0.15) is 16.8 Å². The Kier molecular flexibility index (Phi) is 6.31. The number of carbonyl (C=O) groups is 2. The minimum Gasteiger partial charge on any atom is -0.488 e. The molecule has 0 saturated carbocycles. The third-order valence-corrected chi connectivity index (χ3v) is 8.40. The van der Waals surface area contributed by atoms with Gasteiger partial charge in [0.25, 0.3) is 5.91 Å². The number of amides is 2. The molecule has 0 aliphatic carbocycles. The van der Waals surface area contributed by atoms with Gasteiger partial charge in [-0.05, 0) is 36.8 Å². The van der Waals surface area contributed by atoms with E-state index in [1.54, 1.807) is 6.20 Å². The zero-order valence-corrected chi connectivity index (χ0v) is 22.5. The molecule has 3 aromatic heterocycles. The van der Waals surface area contributed by atoms with E-state index in [4.69, 9.17) is 4.74 Å². The van der Waals surface area contributed by atoms with Crippen LogP contribution in [0, 0.1) is 0 Å². The molecule has 1 N–H and O–H groups in total. The Hall–Kier alpha value is -4.23. The van der Waals surface area contributed by atoms with E-state index in [0.717, 1.165) is 38.7 Å². The first kappa shape index (κ1) is 25.1. The Morgan fingerprint density at radius 3 is 2.79 bits per heavy atom. The average Bonchev–Trinajstić information content (AvgIpc) is 3.58. The summed E-state index contributed by atoms with van der Waals surface area (Å²) < 4.78 is 30.1. The Morgan fingerprint density at radius 1 is 1.15 bits per heavy atom. The smallest absolute Gasteiger partial charge is 0.256 e. The van der Waals surface area contributed by atoms with Gasteiger partial charge in [-0.3, -0.25) is 13.6 Å². The van der Waals surface area contributed by atoms with Gasteiger partial charge in [0.15, 0.2) is 16.7 Å². The fourth-order valence-corrected chi connectivity index (χ4v) is 5.88.